The van der Waals surface area contributed by atoms with Crippen molar-refractivity contribution in [3.05, 3.63) is 33.9 Å². The number of allylic oxidation sites excluding steroid dienone is 1. The summed E-state index contributed by atoms with van der Waals surface area (Å²) in [4.78, 5) is 11.4. The third-order valence-electron chi connectivity index (χ3n) is 2.36. The SMILES string of the molecule is C.CC1=CCC(=S)N1.COc1cc(C=O)c(Br)cc1O. The van der Waals surface area contributed by atoms with E-state index in [9.17, 15) is 9.90 Å². The molecule has 1 aliphatic rings. The second-order valence-electron chi connectivity index (χ2n) is 3.80. The van der Waals surface area contributed by atoms with Gasteiger partial charge in [0.15, 0.2) is 17.8 Å². The van der Waals surface area contributed by atoms with Crippen molar-refractivity contribution >= 4 is 39.4 Å². The number of phenols is 1. The first-order chi connectivity index (χ1) is 8.97. The summed E-state index contributed by atoms with van der Waals surface area (Å²) in [6.07, 6.45) is 3.70. The first-order valence-electron chi connectivity index (χ1n) is 5.46. The molecule has 0 amide bonds. The van der Waals surface area contributed by atoms with E-state index >= 15 is 0 Å². The number of rotatable bonds is 2. The number of halogens is 1. The van der Waals surface area contributed by atoms with Gasteiger partial charge in [-0.2, -0.15) is 0 Å². The lowest BCUT2D eigenvalue weighted by atomic mass is 10.2. The Balaban J connectivity index is 0.000000387. The number of phenolic OH excluding ortho intramolecular Hbond substituents is 1. The van der Waals surface area contributed by atoms with Gasteiger partial charge in [0.05, 0.1) is 12.1 Å². The number of hydrogen-bond donors (Lipinski definition) is 2. The Morgan fingerprint density at radius 1 is 1.50 bits per heavy atom. The van der Waals surface area contributed by atoms with E-state index in [0.717, 1.165) is 11.4 Å². The molecule has 20 heavy (non-hydrogen) atoms. The summed E-state index contributed by atoms with van der Waals surface area (Å²) in [5.74, 6) is 0.301. The molecule has 0 aliphatic carbocycles. The molecule has 0 saturated heterocycles. The van der Waals surface area contributed by atoms with Crippen LogP contribution in [-0.2, 0) is 0 Å². The smallest absolute Gasteiger partial charge is 0.161 e. The zero-order valence-corrected chi connectivity index (χ0v) is 13.0. The van der Waals surface area contributed by atoms with Crippen molar-refractivity contribution < 1.29 is 14.6 Å². The molecule has 1 heterocycles. The summed E-state index contributed by atoms with van der Waals surface area (Å²) in [5.41, 5.74) is 1.63. The summed E-state index contributed by atoms with van der Waals surface area (Å²) in [6.45, 7) is 2.01. The number of carbonyl (C=O) groups is 1. The van der Waals surface area contributed by atoms with E-state index in [2.05, 4.69) is 27.3 Å². The summed E-state index contributed by atoms with van der Waals surface area (Å²) in [6, 6.07) is 2.88. The van der Waals surface area contributed by atoms with Crippen molar-refractivity contribution in [1.29, 1.82) is 0 Å². The topological polar surface area (TPSA) is 58.6 Å². The van der Waals surface area contributed by atoms with Crippen LogP contribution in [0.5, 0.6) is 11.5 Å². The molecule has 0 bridgehead atoms. The molecule has 0 fully saturated rings. The van der Waals surface area contributed by atoms with E-state index in [1.165, 1.54) is 24.9 Å². The molecule has 1 aromatic carbocycles. The van der Waals surface area contributed by atoms with Gasteiger partial charge >= 0.3 is 0 Å². The molecule has 0 saturated carbocycles. The molecular weight excluding hydrogens is 342 g/mol. The second-order valence-corrected chi connectivity index (χ2v) is 5.15. The fraction of sp³-hybridized carbons (Fsp3) is 0.286. The van der Waals surface area contributed by atoms with Crippen LogP contribution in [0.25, 0.3) is 0 Å². The molecule has 1 aliphatic heterocycles. The van der Waals surface area contributed by atoms with Crippen molar-refractivity contribution in [1.82, 2.24) is 5.32 Å². The van der Waals surface area contributed by atoms with E-state index in [-0.39, 0.29) is 13.2 Å². The third-order valence-corrected chi connectivity index (χ3v) is 3.31. The molecule has 6 heteroatoms. The number of ether oxygens (including phenoxy) is 1. The van der Waals surface area contributed by atoms with Crippen LogP contribution in [0.3, 0.4) is 0 Å². The molecule has 110 valence electrons. The maximum absolute atomic E-state index is 10.4. The van der Waals surface area contributed by atoms with Crippen molar-refractivity contribution in [2.45, 2.75) is 20.8 Å². The predicted molar refractivity (Wildman–Crippen MR) is 88.6 cm³/mol. The molecule has 1 aromatic rings. The average molecular weight is 360 g/mol. The summed E-state index contributed by atoms with van der Waals surface area (Å²) in [5, 5.41) is 12.2. The lowest BCUT2D eigenvalue weighted by Crippen LogP contribution is -2.10. The highest BCUT2D eigenvalue weighted by Gasteiger charge is 2.06. The van der Waals surface area contributed by atoms with Gasteiger partial charge in [-0.3, -0.25) is 4.79 Å². The normalized spacial score (nSPS) is 12.3. The van der Waals surface area contributed by atoms with Crippen molar-refractivity contribution in [2.75, 3.05) is 7.11 Å². The standard InChI is InChI=1S/C8H7BrO3.C5H7NS.CH4/c1-12-8-2-5(4-10)6(9)3-7(8)11;1-4-2-3-5(7)6-4;/h2-4,11H,1H3;2H,3H2,1H3,(H,6,7);1H4. The van der Waals surface area contributed by atoms with E-state index < -0.39 is 0 Å². The van der Waals surface area contributed by atoms with Gasteiger partial charge in [0, 0.05) is 22.2 Å². The number of methoxy groups -OCH3 is 1. The average Bonchev–Trinajstić information content (AvgIpc) is 2.74. The molecule has 2 N–H and O–H groups in total. The van der Waals surface area contributed by atoms with Gasteiger partial charge in [0.2, 0.25) is 0 Å². The lowest BCUT2D eigenvalue weighted by molar-refractivity contribution is 0.112. The van der Waals surface area contributed by atoms with E-state index in [1.54, 1.807) is 0 Å². The first-order valence-corrected chi connectivity index (χ1v) is 6.66. The highest BCUT2D eigenvalue weighted by Crippen LogP contribution is 2.31. The van der Waals surface area contributed by atoms with Crippen LogP contribution >= 0.6 is 28.1 Å². The van der Waals surface area contributed by atoms with Crippen LogP contribution < -0.4 is 10.1 Å². The third kappa shape index (κ3) is 5.30. The first kappa shape index (κ1) is 18.6. The Bertz CT molecular complexity index is 529. The molecule has 2 rings (SSSR count). The summed E-state index contributed by atoms with van der Waals surface area (Å²) >= 11 is 7.96. The Labute approximate surface area is 133 Å². The monoisotopic (exact) mass is 359 g/mol. The minimum Gasteiger partial charge on any atom is -0.504 e. The fourth-order valence-electron chi connectivity index (χ4n) is 1.38. The summed E-state index contributed by atoms with van der Waals surface area (Å²) < 4.78 is 5.36. The number of hydrogen-bond acceptors (Lipinski definition) is 4. The van der Waals surface area contributed by atoms with Gasteiger partial charge in [-0.15, -0.1) is 0 Å². The van der Waals surface area contributed by atoms with Crippen LogP contribution in [0.1, 0.15) is 31.1 Å². The number of nitrogens with one attached hydrogen (secondary N) is 1. The molecule has 0 spiro atoms. The molecule has 0 atom stereocenters. The Kier molecular flexibility index (Phi) is 8.10. The van der Waals surface area contributed by atoms with Crippen LogP contribution in [0.4, 0.5) is 0 Å². The number of aromatic hydroxyl groups is 1. The minimum atomic E-state index is 0. The van der Waals surface area contributed by atoms with Gasteiger partial charge in [-0.25, -0.2) is 0 Å². The largest absolute Gasteiger partial charge is 0.504 e. The van der Waals surface area contributed by atoms with E-state index in [4.69, 9.17) is 17.0 Å². The van der Waals surface area contributed by atoms with Gasteiger partial charge in [-0.1, -0.05) is 25.7 Å². The van der Waals surface area contributed by atoms with Crippen LogP contribution in [0, 0.1) is 0 Å². The molecule has 4 nitrogen and oxygen atoms in total. The zero-order chi connectivity index (χ0) is 14.4. The molecule has 0 radical (unpaired) electrons. The minimum absolute atomic E-state index is 0. The number of benzene rings is 1. The zero-order valence-electron chi connectivity index (χ0n) is 10.6. The van der Waals surface area contributed by atoms with Gasteiger partial charge < -0.3 is 15.2 Å². The predicted octanol–water partition coefficient (Wildman–Crippen LogP) is 3.82. The highest BCUT2D eigenvalue weighted by atomic mass is 79.9. The Morgan fingerprint density at radius 2 is 2.15 bits per heavy atom. The van der Waals surface area contributed by atoms with E-state index in [0.29, 0.717) is 22.1 Å². The van der Waals surface area contributed by atoms with Gasteiger partial charge in [0.25, 0.3) is 0 Å². The highest BCUT2D eigenvalue weighted by molar-refractivity contribution is 9.10. The molecule has 0 aromatic heterocycles. The second kappa shape index (κ2) is 8.71. The fourth-order valence-corrected chi connectivity index (χ4v) is 2.05. The van der Waals surface area contributed by atoms with Crippen molar-refractivity contribution in [3.63, 3.8) is 0 Å². The maximum Gasteiger partial charge on any atom is 0.161 e. The molecular formula is C14H18BrNO3S. The van der Waals surface area contributed by atoms with E-state index in [1.807, 2.05) is 6.92 Å². The number of thiocarbonyl (C=S) groups is 1. The number of aldehydes is 1. The van der Waals surface area contributed by atoms with Gasteiger partial charge in [-0.05, 0) is 35.0 Å². The maximum atomic E-state index is 10.4. The van der Waals surface area contributed by atoms with Crippen LogP contribution in [0.15, 0.2) is 28.4 Å². The van der Waals surface area contributed by atoms with Crippen molar-refractivity contribution in [3.8, 4) is 11.5 Å². The number of carbonyl (C=O) groups excluding carboxylic acids is 1. The van der Waals surface area contributed by atoms with Crippen molar-refractivity contribution in [2.24, 2.45) is 0 Å². The quantitative estimate of drug-likeness (QED) is 0.620. The summed E-state index contributed by atoms with van der Waals surface area (Å²) in [7, 11) is 1.43. The van der Waals surface area contributed by atoms with Crippen LogP contribution in [-0.4, -0.2) is 23.5 Å². The Hall–Kier alpha value is -1.40. The van der Waals surface area contributed by atoms with Crippen LogP contribution in [0.2, 0.25) is 0 Å². The molecule has 0 unspecified atom stereocenters. The Morgan fingerprint density at radius 3 is 2.50 bits per heavy atom. The lowest BCUT2D eigenvalue weighted by Gasteiger charge is -2.04. The van der Waals surface area contributed by atoms with Gasteiger partial charge in [0.1, 0.15) is 0 Å².